The number of alkyl halides is 2. The van der Waals surface area contributed by atoms with Gasteiger partial charge in [-0.1, -0.05) is 25.1 Å². The number of rotatable bonds is 8. The van der Waals surface area contributed by atoms with Crippen molar-refractivity contribution in [3.8, 4) is 17.3 Å². The monoisotopic (exact) mass is 505 g/mol. The normalized spacial score (nSPS) is 11.3. The van der Waals surface area contributed by atoms with Gasteiger partial charge in [-0.3, -0.25) is 9.78 Å². The third-order valence-electron chi connectivity index (χ3n) is 5.57. The predicted molar refractivity (Wildman–Crippen MR) is 141 cm³/mol. The average Bonchev–Trinajstić information content (AvgIpc) is 2.89. The fourth-order valence-electron chi connectivity index (χ4n) is 3.37. The zero-order valence-corrected chi connectivity index (χ0v) is 21.1. The van der Waals surface area contributed by atoms with Crippen LogP contribution in [0.25, 0.3) is 11.3 Å². The van der Waals surface area contributed by atoms with Crippen molar-refractivity contribution in [2.45, 2.75) is 33.1 Å². The molecule has 1 heterocycles. The van der Waals surface area contributed by atoms with Crippen molar-refractivity contribution in [3.05, 3.63) is 77.5 Å². The van der Waals surface area contributed by atoms with Crippen molar-refractivity contribution in [1.82, 2.24) is 4.98 Å². The fourth-order valence-corrected chi connectivity index (χ4v) is 3.37. The van der Waals surface area contributed by atoms with Crippen LogP contribution in [0.4, 0.5) is 20.2 Å². The first-order chi connectivity index (χ1) is 17.6. The van der Waals surface area contributed by atoms with E-state index in [2.05, 4.69) is 21.7 Å². The van der Waals surface area contributed by atoms with E-state index in [9.17, 15) is 23.6 Å². The third kappa shape index (κ3) is 7.51. The Kier molecular flexibility index (Phi) is 10.1. The Labute approximate surface area is 215 Å². The van der Waals surface area contributed by atoms with E-state index >= 15 is 0 Å². The Bertz CT molecular complexity index is 1320. The van der Waals surface area contributed by atoms with Gasteiger partial charge in [0.1, 0.15) is 12.2 Å². The first kappa shape index (κ1) is 28.8. The van der Waals surface area contributed by atoms with Gasteiger partial charge in [0, 0.05) is 47.9 Å². The summed E-state index contributed by atoms with van der Waals surface area (Å²) in [5.41, 5.74) is 3.78. The largest absolute Gasteiger partial charge is 0.388 e. The topological polar surface area (TPSA) is 119 Å². The number of nitrogens with one attached hydrogen (secondary N) is 3. The van der Waals surface area contributed by atoms with E-state index in [4.69, 9.17) is 5.41 Å². The van der Waals surface area contributed by atoms with E-state index in [0.717, 1.165) is 5.56 Å². The second-order valence-electron chi connectivity index (χ2n) is 8.22. The molecule has 0 radical (unpaired) electrons. The highest BCUT2D eigenvalue weighted by Crippen LogP contribution is 2.32. The van der Waals surface area contributed by atoms with Gasteiger partial charge in [-0.2, -0.15) is 5.26 Å². The molecule has 3 aromatic rings. The molecule has 3 rings (SSSR count). The molecule has 0 aliphatic heterocycles. The number of carbonyl (C=O) groups excluding carboxylic acids is 2. The maximum absolute atomic E-state index is 13.2. The molecule has 0 saturated heterocycles. The standard InChI is InChI=1S/C18H16N4O2.C10H13F2N/c1-11-4-3-7-21-17(11)15-8-14(6-5-13(15)9-19)22-18(24)16(10-23)12(2)20;1-3-10(11,12)8-5-4-6-9(7-8)13-2/h3-8,10,16,20H,1-2H3,(H,22,24);4-7,13H,3H2,1-2H3. The molecule has 0 aliphatic rings. The lowest BCUT2D eigenvalue weighted by atomic mass is 10.00. The van der Waals surface area contributed by atoms with Crippen LogP contribution in [0.5, 0.6) is 0 Å². The summed E-state index contributed by atoms with van der Waals surface area (Å²) in [6, 6.07) is 16.9. The summed E-state index contributed by atoms with van der Waals surface area (Å²) < 4.78 is 26.3. The van der Waals surface area contributed by atoms with E-state index in [1.54, 1.807) is 49.6 Å². The van der Waals surface area contributed by atoms with Gasteiger partial charge in [-0.05, 0) is 55.8 Å². The first-order valence-electron chi connectivity index (χ1n) is 11.5. The molecular weight excluding hydrogens is 476 g/mol. The number of anilines is 2. The van der Waals surface area contributed by atoms with Crippen molar-refractivity contribution in [3.63, 3.8) is 0 Å². The van der Waals surface area contributed by atoms with Crippen LogP contribution in [0, 0.1) is 29.6 Å². The minimum absolute atomic E-state index is 0.0306. The number of benzene rings is 2. The molecule has 0 spiro atoms. The summed E-state index contributed by atoms with van der Waals surface area (Å²) in [6.45, 7) is 4.77. The molecule has 9 heteroatoms. The lowest BCUT2D eigenvalue weighted by molar-refractivity contribution is -0.122. The average molecular weight is 506 g/mol. The predicted octanol–water partition coefficient (Wildman–Crippen LogP) is 5.95. The number of amides is 1. The van der Waals surface area contributed by atoms with Crippen LogP contribution in [-0.2, 0) is 15.5 Å². The lowest BCUT2D eigenvalue weighted by Gasteiger charge is -2.15. The maximum atomic E-state index is 13.2. The Morgan fingerprint density at radius 3 is 2.49 bits per heavy atom. The molecule has 1 unspecified atom stereocenters. The zero-order chi connectivity index (χ0) is 27.6. The Hall–Kier alpha value is -4.45. The third-order valence-corrected chi connectivity index (χ3v) is 5.57. The van der Waals surface area contributed by atoms with Crippen molar-refractivity contribution < 1.29 is 18.4 Å². The maximum Gasteiger partial charge on any atom is 0.273 e. The van der Waals surface area contributed by atoms with Crippen LogP contribution in [0.2, 0.25) is 0 Å². The lowest BCUT2D eigenvalue weighted by Crippen LogP contribution is -2.29. The number of nitriles is 1. The summed E-state index contributed by atoms with van der Waals surface area (Å²) in [5.74, 6) is -4.42. The van der Waals surface area contributed by atoms with Crippen LogP contribution in [0.3, 0.4) is 0 Å². The van der Waals surface area contributed by atoms with Crippen LogP contribution < -0.4 is 10.6 Å². The van der Waals surface area contributed by atoms with Gasteiger partial charge < -0.3 is 20.8 Å². The number of hydrogen-bond donors (Lipinski definition) is 3. The van der Waals surface area contributed by atoms with E-state index in [0.29, 0.717) is 34.5 Å². The molecule has 192 valence electrons. The Morgan fingerprint density at radius 2 is 1.92 bits per heavy atom. The molecule has 1 amide bonds. The number of nitrogens with zero attached hydrogens (tertiary/aromatic N) is 2. The molecule has 0 fully saturated rings. The molecule has 37 heavy (non-hydrogen) atoms. The number of aromatic nitrogens is 1. The molecule has 1 atom stereocenters. The van der Waals surface area contributed by atoms with Gasteiger partial charge in [0.2, 0.25) is 5.91 Å². The highest BCUT2D eigenvalue weighted by molar-refractivity contribution is 6.16. The van der Waals surface area contributed by atoms with E-state index in [-0.39, 0.29) is 17.7 Å². The SMILES string of the molecule is CC(=N)C(C=O)C(=O)Nc1ccc(C#N)c(-c2ncccc2C)c1.CCC(F)(F)c1cccc(NC)c1. The summed E-state index contributed by atoms with van der Waals surface area (Å²) in [4.78, 5) is 27.4. The molecule has 7 nitrogen and oxygen atoms in total. The number of pyridine rings is 1. The highest BCUT2D eigenvalue weighted by atomic mass is 19.3. The molecule has 1 aromatic heterocycles. The second kappa shape index (κ2) is 13.0. The Morgan fingerprint density at radius 1 is 1.19 bits per heavy atom. The van der Waals surface area contributed by atoms with Crippen molar-refractivity contribution in [2.75, 3.05) is 17.7 Å². The van der Waals surface area contributed by atoms with Gasteiger partial charge in [-0.25, -0.2) is 8.78 Å². The second-order valence-corrected chi connectivity index (χ2v) is 8.22. The van der Waals surface area contributed by atoms with Crippen LogP contribution in [0.1, 0.15) is 37.0 Å². The van der Waals surface area contributed by atoms with Crippen LogP contribution >= 0.6 is 0 Å². The van der Waals surface area contributed by atoms with Crippen molar-refractivity contribution in [2.24, 2.45) is 5.92 Å². The molecule has 0 saturated carbocycles. The van der Waals surface area contributed by atoms with Crippen LogP contribution in [-0.4, -0.2) is 29.9 Å². The van der Waals surface area contributed by atoms with Gasteiger partial charge in [-0.15, -0.1) is 0 Å². The first-order valence-corrected chi connectivity index (χ1v) is 11.5. The van der Waals surface area contributed by atoms with Gasteiger partial charge in [0.05, 0.1) is 17.3 Å². The summed E-state index contributed by atoms with van der Waals surface area (Å²) in [6.07, 6.45) is 1.90. The van der Waals surface area contributed by atoms with Gasteiger partial charge in [0.15, 0.2) is 0 Å². The summed E-state index contributed by atoms with van der Waals surface area (Å²) in [5, 5.41) is 22.2. The Balaban J connectivity index is 0.000000312. The van der Waals surface area contributed by atoms with Gasteiger partial charge in [0.25, 0.3) is 5.92 Å². The fraction of sp³-hybridized carbons (Fsp3) is 0.250. The van der Waals surface area contributed by atoms with E-state index in [1.807, 2.05) is 13.0 Å². The molecule has 0 aliphatic carbocycles. The zero-order valence-electron chi connectivity index (χ0n) is 21.1. The summed E-state index contributed by atoms with van der Waals surface area (Å²) in [7, 11) is 1.71. The minimum Gasteiger partial charge on any atom is -0.388 e. The molecular formula is C28H29F2N5O2. The molecule has 0 bridgehead atoms. The highest BCUT2D eigenvalue weighted by Gasteiger charge is 2.28. The smallest absolute Gasteiger partial charge is 0.273 e. The van der Waals surface area contributed by atoms with Crippen molar-refractivity contribution >= 4 is 29.3 Å². The van der Waals surface area contributed by atoms with Crippen molar-refractivity contribution in [1.29, 1.82) is 10.7 Å². The minimum atomic E-state index is -2.72. The van der Waals surface area contributed by atoms with Crippen LogP contribution in [0.15, 0.2) is 60.8 Å². The number of hydrogen-bond acceptors (Lipinski definition) is 6. The number of aldehydes is 1. The molecule has 2 aromatic carbocycles. The number of halogens is 2. The number of aryl methyl sites for hydroxylation is 1. The van der Waals surface area contributed by atoms with Gasteiger partial charge >= 0.3 is 0 Å². The number of carbonyl (C=O) groups is 2. The molecule has 3 N–H and O–H groups in total. The van der Waals surface area contributed by atoms with E-state index in [1.165, 1.54) is 26.0 Å². The van der Waals surface area contributed by atoms with E-state index < -0.39 is 17.7 Å². The summed E-state index contributed by atoms with van der Waals surface area (Å²) >= 11 is 0. The quantitative estimate of drug-likeness (QED) is 0.199.